The van der Waals surface area contributed by atoms with Gasteiger partial charge in [-0.3, -0.25) is 4.79 Å². The Balaban J connectivity index is 0.00000274. The Morgan fingerprint density at radius 3 is 2.44 bits per heavy atom. The summed E-state index contributed by atoms with van der Waals surface area (Å²) in [6.07, 6.45) is 4.40. The van der Waals surface area contributed by atoms with Gasteiger partial charge in [-0.15, -0.1) is 12.4 Å². The first-order valence-electron chi connectivity index (χ1n) is 12.6. The Hall–Kier alpha value is -2.53. The summed E-state index contributed by atoms with van der Waals surface area (Å²) in [6, 6.07) is 10.8. The number of amides is 1. The van der Waals surface area contributed by atoms with Crippen LogP contribution in [0.25, 0.3) is 10.9 Å². The van der Waals surface area contributed by atoms with Crippen LogP contribution in [-0.2, 0) is 19.5 Å². The average Bonchev–Trinajstić information content (AvgIpc) is 3.07. The van der Waals surface area contributed by atoms with Crippen LogP contribution in [0.15, 0.2) is 30.3 Å². The van der Waals surface area contributed by atoms with Crippen molar-refractivity contribution < 1.29 is 4.79 Å². The summed E-state index contributed by atoms with van der Waals surface area (Å²) < 4.78 is 2.44. The van der Waals surface area contributed by atoms with Crippen molar-refractivity contribution in [1.82, 2.24) is 14.5 Å². The molecule has 1 amide bonds. The third-order valence-electron chi connectivity index (χ3n) is 7.44. The van der Waals surface area contributed by atoms with E-state index in [2.05, 4.69) is 67.5 Å². The van der Waals surface area contributed by atoms with Gasteiger partial charge in [0.25, 0.3) is 5.91 Å². The first-order chi connectivity index (χ1) is 15.9. The average molecular weight is 481 g/mol. The molecule has 0 radical (unpaired) electrons. The number of nitrogens with zero attached hydrogens (tertiary/aromatic N) is 4. The van der Waals surface area contributed by atoms with E-state index in [1.165, 1.54) is 39.7 Å². The smallest absolute Gasteiger partial charge is 0.272 e. The van der Waals surface area contributed by atoms with Gasteiger partial charge in [-0.1, -0.05) is 38.1 Å². The lowest BCUT2D eigenvalue weighted by molar-refractivity contribution is 0.0718. The summed E-state index contributed by atoms with van der Waals surface area (Å²) in [7, 11) is 0. The molecule has 2 aromatic heterocycles. The zero-order valence-electron chi connectivity index (χ0n) is 20.9. The van der Waals surface area contributed by atoms with E-state index in [9.17, 15) is 4.79 Å². The lowest BCUT2D eigenvalue weighted by Crippen LogP contribution is -2.37. The molecule has 2 aliphatic heterocycles. The Bertz CT molecular complexity index is 1190. The second kappa shape index (κ2) is 9.99. The van der Waals surface area contributed by atoms with Crippen LogP contribution in [0.5, 0.6) is 0 Å². The van der Waals surface area contributed by atoms with Gasteiger partial charge in [0.15, 0.2) is 5.82 Å². The Morgan fingerprint density at radius 2 is 1.74 bits per heavy atom. The number of aromatic nitrogens is 2. The van der Waals surface area contributed by atoms with Crippen LogP contribution in [0.2, 0.25) is 0 Å². The van der Waals surface area contributed by atoms with Crippen LogP contribution in [-0.4, -0.2) is 40.0 Å². The number of pyridine rings is 1. The molecule has 0 saturated carbocycles. The molecule has 182 valence electrons. The van der Waals surface area contributed by atoms with Crippen molar-refractivity contribution >= 4 is 35.0 Å². The van der Waals surface area contributed by atoms with Crippen molar-refractivity contribution in [3.8, 4) is 0 Å². The van der Waals surface area contributed by atoms with Crippen LogP contribution in [0.1, 0.15) is 66.0 Å². The first kappa shape index (κ1) is 24.6. The van der Waals surface area contributed by atoms with Gasteiger partial charge in [-0.05, 0) is 68.2 Å². The number of hydrogen-bond donors (Lipinski definition) is 0. The number of piperidine rings is 1. The number of hydrogen-bond acceptors (Lipinski definition) is 3. The number of likely N-dealkylation sites (tertiary alicyclic amines) is 1. The number of carbonyl (C=O) groups excluding carboxylic acids is 1. The highest BCUT2D eigenvalue weighted by atomic mass is 35.5. The van der Waals surface area contributed by atoms with Gasteiger partial charge < -0.3 is 14.4 Å². The molecule has 0 N–H and O–H groups in total. The summed E-state index contributed by atoms with van der Waals surface area (Å²) in [5, 5.41) is 1.18. The maximum Gasteiger partial charge on any atom is 0.272 e. The van der Waals surface area contributed by atoms with Gasteiger partial charge in [0.1, 0.15) is 5.69 Å². The summed E-state index contributed by atoms with van der Waals surface area (Å²) in [5.74, 6) is 1.59. The minimum atomic E-state index is 0. The van der Waals surface area contributed by atoms with Crippen molar-refractivity contribution in [2.75, 3.05) is 24.5 Å². The molecule has 1 saturated heterocycles. The molecule has 34 heavy (non-hydrogen) atoms. The van der Waals surface area contributed by atoms with E-state index in [1.807, 2.05) is 4.90 Å². The van der Waals surface area contributed by atoms with Gasteiger partial charge in [-0.2, -0.15) is 0 Å². The fourth-order valence-electron chi connectivity index (χ4n) is 5.50. The van der Waals surface area contributed by atoms with Gasteiger partial charge in [0.05, 0.1) is 5.52 Å². The SMILES string of the molecule is Cc1c(C)n(CC(C)C)c2c(N3CCc4ccccc4C3)nc(C(=O)N3CCCCC3)cc12.Cl. The van der Waals surface area contributed by atoms with Crippen molar-refractivity contribution in [2.24, 2.45) is 5.92 Å². The van der Waals surface area contributed by atoms with E-state index in [0.29, 0.717) is 11.6 Å². The maximum absolute atomic E-state index is 13.5. The summed E-state index contributed by atoms with van der Waals surface area (Å²) in [6.45, 7) is 13.3. The van der Waals surface area contributed by atoms with Crippen molar-refractivity contribution in [1.29, 1.82) is 0 Å². The topological polar surface area (TPSA) is 41.4 Å². The molecule has 0 atom stereocenters. The molecule has 0 spiro atoms. The fourth-order valence-corrected chi connectivity index (χ4v) is 5.50. The number of benzene rings is 1. The van der Waals surface area contributed by atoms with E-state index in [1.54, 1.807) is 0 Å². The molecule has 0 aliphatic carbocycles. The van der Waals surface area contributed by atoms with Crippen LogP contribution < -0.4 is 4.90 Å². The third-order valence-corrected chi connectivity index (χ3v) is 7.44. The van der Waals surface area contributed by atoms with E-state index in [4.69, 9.17) is 4.98 Å². The monoisotopic (exact) mass is 480 g/mol. The van der Waals surface area contributed by atoms with E-state index >= 15 is 0 Å². The molecule has 5 rings (SSSR count). The Morgan fingerprint density at radius 1 is 1.03 bits per heavy atom. The molecule has 2 aliphatic rings. The quantitative estimate of drug-likeness (QED) is 0.465. The largest absolute Gasteiger partial charge is 0.350 e. The Labute approximate surface area is 209 Å². The van der Waals surface area contributed by atoms with E-state index in [0.717, 1.165) is 57.8 Å². The fraction of sp³-hybridized carbons (Fsp3) is 0.500. The van der Waals surface area contributed by atoms with Crippen LogP contribution >= 0.6 is 12.4 Å². The number of aryl methyl sites for hydroxylation is 1. The molecular formula is C28H37ClN4O. The van der Waals surface area contributed by atoms with E-state index < -0.39 is 0 Å². The van der Waals surface area contributed by atoms with Gasteiger partial charge in [0.2, 0.25) is 0 Å². The minimum Gasteiger partial charge on any atom is -0.350 e. The number of rotatable bonds is 4. The molecule has 0 bridgehead atoms. The highest BCUT2D eigenvalue weighted by Gasteiger charge is 2.27. The first-order valence-corrected chi connectivity index (χ1v) is 12.6. The normalized spacial score (nSPS) is 16.0. The number of anilines is 1. The highest BCUT2D eigenvalue weighted by Crippen LogP contribution is 2.35. The van der Waals surface area contributed by atoms with Crippen molar-refractivity contribution in [3.63, 3.8) is 0 Å². The minimum absolute atomic E-state index is 0. The predicted octanol–water partition coefficient (Wildman–Crippen LogP) is 5.92. The summed E-state index contributed by atoms with van der Waals surface area (Å²) in [4.78, 5) is 23.0. The number of carbonyl (C=O) groups is 1. The molecule has 4 heterocycles. The molecule has 5 nitrogen and oxygen atoms in total. The number of halogens is 1. The van der Waals surface area contributed by atoms with Gasteiger partial charge in [0, 0.05) is 43.8 Å². The zero-order valence-corrected chi connectivity index (χ0v) is 21.7. The van der Waals surface area contributed by atoms with Crippen LogP contribution in [0.4, 0.5) is 5.82 Å². The number of fused-ring (bicyclic) bond motifs is 2. The summed E-state index contributed by atoms with van der Waals surface area (Å²) in [5.41, 5.74) is 7.12. The van der Waals surface area contributed by atoms with Crippen LogP contribution in [0, 0.1) is 19.8 Å². The zero-order chi connectivity index (χ0) is 23.1. The van der Waals surface area contributed by atoms with Crippen LogP contribution in [0.3, 0.4) is 0 Å². The summed E-state index contributed by atoms with van der Waals surface area (Å²) >= 11 is 0. The molecular weight excluding hydrogens is 444 g/mol. The standard InChI is InChI=1S/C28H36N4O.ClH/c1-19(2)17-32-21(4)20(3)24-16-25(28(33)30-13-8-5-9-14-30)29-27(26(24)32)31-15-12-22-10-6-7-11-23(22)18-31;/h6-7,10-11,16,19H,5,8-9,12-15,17-18H2,1-4H3;1H. The molecule has 0 unspecified atom stereocenters. The maximum atomic E-state index is 13.5. The van der Waals surface area contributed by atoms with E-state index in [-0.39, 0.29) is 18.3 Å². The third kappa shape index (κ3) is 4.43. The lowest BCUT2D eigenvalue weighted by Gasteiger charge is -2.32. The molecule has 6 heteroatoms. The Kier molecular flexibility index (Phi) is 7.22. The highest BCUT2D eigenvalue weighted by molar-refractivity contribution is 6.01. The molecule has 3 aromatic rings. The van der Waals surface area contributed by atoms with Crippen molar-refractivity contribution in [3.05, 3.63) is 58.4 Å². The molecule has 1 fully saturated rings. The van der Waals surface area contributed by atoms with Crippen molar-refractivity contribution in [2.45, 2.75) is 66.5 Å². The van der Waals surface area contributed by atoms with Gasteiger partial charge >= 0.3 is 0 Å². The second-order valence-electron chi connectivity index (χ2n) is 10.2. The lowest BCUT2D eigenvalue weighted by atomic mass is 9.99. The predicted molar refractivity (Wildman–Crippen MR) is 142 cm³/mol. The second-order valence-corrected chi connectivity index (χ2v) is 10.2. The van der Waals surface area contributed by atoms with Gasteiger partial charge in [-0.25, -0.2) is 4.98 Å². The molecule has 1 aromatic carbocycles.